The molecule has 0 bridgehead atoms. The van der Waals surface area contributed by atoms with Gasteiger partial charge in [-0.1, -0.05) is 50.6 Å². The van der Waals surface area contributed by atoms with Gasteiger partial charge in [0.15, 0.2) is 0 Å². The van der Waals surface area contributed by atoms with Gasteiger partial charge >= 0.3 is 0 Å². The van der Waals surface area contributed by atoms with Crippen molar-refractivity contribution in [1.82, 2.24) is 9.55 Å². The summed E-state index contributed by atoms with van der Waals surface area (Å²) in [4.78, 5) is 4.38. The minimum atomic E-state index is -0.0958. The third kappa shape index (κ3) is 2.62. The van der Waals surface area contributed by atoms with Crippen molar-refractivity contribution in [1.29, 1.82) is 0 Å². The van der Waals surface area contributed by atoms with Gasteiger partial charge in [-0.25, -0.2) is 4.98 Å². The number of nitrogens with two attached hydrogens (primary N) is 1. The van der Waals surface area contributed by atoms with Crippen LogP contribution < -0.4 is 5.73 Å². The highest BCUT2D eigenvalue weighted by atomic mass is 15.1. The number of hydrogen-bond acceptors (Lipinski definition) is 2. The van der Waals surface area contributed by atoms with Crippen LogP contribution in [-0.4, -0.2) is 9.55 Å². The number of nitrogens with zero attached hydrogens (tertiary/aromatic N) is 2. The molecule has 21 heavy (non-hydrogen) atoms. The van der Waals surface area contributed by atoms with E-state index >= 15 is 0 Å². The maximum absolute atomic E-state index is 6.48. The lowest BCUT2D eigenvalue weighted by Gasteiger charge is -2.25. The van der Waals surface area contributed by atoms with Gasteiger partial charge in [-0.05, 0) is 30.2 Å². The molecule has 0 amide bonds. The van der Waals surface area contributed by atoms with Crippen molar-refractivity contribution in [2.75, 3.05) is 0 Å². The van der Waals surface area contributed by atoms with E-state index in [1.54, 1.807) is 0 Å². The van der Waals surface area contributed by atoms with Crippen LogP contribution in [0.25, 0.3) is 0 Å². The first kappa shape index (κ1) is 14.3. The highest BCUT2D eigenvalue weighted by Crippen LogP contribution is 2.42. The SMILES string of the molecule is CCC1CCC(n2cncc2C(N)c2ccccc2)C1C. The summed E-state index contributed by atoms with van der Waals surface area (Å²) < 4.78 is 2.33. The first-order valence-electron chi connectivity index (χ1n) is 8.04. The fraction of sp³-hybridized carbons (Fsp3) is 0.500. The second-order valence-corrected chi connectivity index (χ2v) is 6.29. The Hall–Kier alpha value is -1.61. The minimum Gasteiger partial charge on any atom is -0.329 e. The second-order valence-electron chi connectivity index (χ2n) is 6.29. The van der Waals surface area contributed by atoms with Crippen molar-refractivity contribution in [3.05, 3.63) is 54.1 Å². The largest absolute Gasteiger partial charge is 0.329 e. The molecule has 1 saturated carbocycles. The molecule has 3 rings (SSSR count). The predicted octanol–water partition coefficient (Wildman–Crippen LogP) is 3.93. The predicted molar refractivity (Wildman–Crippen MR) is 85.9 cm³/mol. The average molecular weight is 283 g/mol. The van der Waals surface area contributed by atoms with Gasteiger partial charge in [0, 0.05) is 6.04 Å². The fourth-order valence-electron chi connectivity index (χ4n) is 3.86. The van der Waals surface area contributed by atoms with Crippen molar-refractivity contribution in [3.63, 3.8) is 0 Å². The van der Waals surface area contributed by atoms with Crippen LogP contribution in [0.5, 0.6) is 0 Å². The lowest BCUT2D eigenvalue weighted by molar-refractivity contribution is 0.323. The molecule has 0 aliphatic heterocycles. The third-order valence-electron chi connectivity index (χ3n) is 5.24. The van der Waals surface area contributed by atoms with Gasteiger partial charge in [0.1, 0.15) is 0 Å². The molecule has 112 valence electrons. The minimum absolute atomic E-state index is 0.0958. The van der Waals surface area contributed by atoms with Crippen molar-refractivity contribution < 1.29 is 0 Å². The average Bonchev–Trinajstić information content (AvgIpc) is 3.13. The number of aromatic nitrogens is 2. The monoisotopic (exact) mass is 283 g/mol. The number of hydrogen-bond donors (Lipinski definition) is 1. The van der Waals surface area contributed by atoms with Gasteiger partial charge < -0.3 is 10.3 Å². The van der Waals surface area contributed by atoms with E-state index in [4.69, 9.17) is 5.73 Å². The van der Waals surface area contributed by atoms with E-state index in [1.165, 1.54) is 19.3 Å². The van der Waals surface area contributed by atoms with Crippen LogP contribution in [0.1, 0.15) is 56.5 Å². The van der Waals surface area contributed by atoms with Crippen LogP contribution in [0, 0.1) is 11.8 Å². The molecule has 3 nitrogen and oxygen atoms in total. The summed E-state index contributed by atoms with van der Waals surface area (Å²) in [5.41, 5.74) is 8.76. The Morgan fingerprint density at radius 3 is 2.71 bits per heavy atom. The smallest absolute Gasteiger partial charge is 0.0951 e. The highest BCUT2D eigenvalue weighted by Gasteiger charge is 2.34. The fourth-order valence-corrected chi connectivity index (χ4v) is 3.86. The van der Waals surface area contributed by atoms with E-state index in [9.17, 15) is 0 Å². The molecule has 3 heteroatoms. The molecule has 1 aromatic heterocycles. The van der Waals surface area contributed by atoms with Crippen LogP contribution >= 0.6 is 0 Å². The molecule has 4 unspecified atom stereocenters. The molecule has 1 fully saturated rings. The summed E-state index contributed by atoms with van der Waals surface area (Å²) in [5, 5.41) is 0. The maximum atomic E-state index is 6.48. The van der Waals surface area contributed by atoms with E-state index < -0.39 is 0 Å². The van der Waals surface area contributed by atoms with Gasteiger partial charge in [-0.2, -0.15) is 0 Å². The molecule has 1 aromatic carbocycles. The van der Waals surface area contributed by atoms with Crippen molar-refractivity contribution in [3.8, 4) is 0 Å². The lowest BCUT2D eigenvalue weighted by Crippen LogP contribution is -2.22. The number of benzene rings is 1. The van der Waals surface area contributed by atoms with E-state index in [-0.39, 0.29) is 6.04 Å². The summed E-state index contributed by atoms with van der Waals surface area (Å²) in [6, 6.07) is 10.7. The molecule has 2 N–H and O–H groups in total. The topological polar surface area (TPSA) is 43.8 Å². The Kier molecular flexibility index (Phi) is 4.11. The highest BCUT2D eigenvalue weighted by molar-refractivity contribution is 5.26. The van der Waals surface area contributed by atoms with Crippen LogP contribution in [0.3, 0.4) is 0 Å². The number of rotatable bonds is 4. The number of imidazole rings is 1. The summed E-state index contributed by atoms with van der Waals surface area (Å²) in [7, 11) is 0. The summed E-state index contributed by atoms with van der Waals surface area (Å²) in [6.07, 6.45) is 7.73. The lowest BCUT2D eigenvalue weighted by atomic mass is 9.93. The van der Waals surface area contributed by atoms with E-state index in [1.807, 2.05) is 30.7 Å². The Balaban J connectivity index is 1.88. The zero-order chi connectivity index (χ0) is 14.8. The van der Waals surface area contributed by atoms with Crippen molar-refractivity contribution in [2.45, 2.75) is 45.2 Å². The first-order valence-corrected chi connectivity index (χ1v) is 8.04. The Bertz CT molecular complexity index is 575. The summed E-state index contributed by atoms with van der Waals surface area (Å²) in [5.74, 6) is 1.53. The molecule has 0 spiro atoms. The summed E-state index contributed by atoms with van der Waals surface area (Å²) >= 11 is 0. The summed E-state index contributed by atoms with van der Waals surface area (Å²) in [6.45, 7) is 4.68. The molecular weight excluding hydrogens is 258 g/mol. The third-order valence-corrected chi connectivity index (χ3v) is 5.24. The Morgan fingerprint density at radius 1 is 1.29 bits per heavy atom. The van der Waals surface area contributed by atoms with Gasteiger partial charge in [-0.3, -0.25) is 0 Å². The molecule has 1 heterocycles. The standard InChI is InChI=1S/C18H25N3/c1-3-14-9-10-16(13(14)2)21-12-20-11-17(21)18(19)15-7-5-4-6-8-15/h4-8,11-14,16,18H,3,9-10,19H2,1-2H3. The maximum Gasteiger partial charge on any atom is 0.0951 e. The van der Waals surface area contributed by atoms with Gasteiger partial charge in [0.05, 0.1) is 24.3 Å². The Labute approximate surface area is 127 Å². The zero-order valence-electron chi connectivity index (χ0n) is 12.9. The second kappa shape index (κ2) is 6.02. The first-order chi connectivity index (χ1) is 10.2. The van der Waals surface area contributed by atoms with E-state index in [0.29, 0.717) is 12.0 Å². The van der Waals surface area contributed by atoms with Gasteiger partial charge in [-0.15, -0.1) is 0 Å². The van der Waals surface area contributed by atoms with Crippen LogP contribution in [-0.2, 0) is 0 Å². The molecule has 1 aliphatic carbocycles. The van der Waals surface area contributed by atoms with Gasteiger partial charge in [0.2, 0.25) is 0 Å². The van der Waals surface area contributed by atoms with Crippen molar-refractivity contribution in [2.24, 2.45) is 17.6 Å². The quantitative estimate of drug-likeness (QED) is 0.924. The van der Waals surface area contributed by atoms with Crippen LogP contribution in [0.4, 0.5) is 0 Å². The molecule has 0 saturated heterocycles. The van der Waals surface area contributed by atoms with Gasteiger partial charge in [0.25, 0.3) is 0 Å². The zero-order valence-corrected chi connectivity index (χ0v) is 12.9. The molecule has 2 aromatic rings. The van der Waals surface area contributed by atoms with Crippen LogP contribution in [0.2, 0.25) is 0 Å². The molecular formula is C18H25N3. The van der Waals surface area contributed by atoms with E-state index in [2.05, 4.69) is 35.5 Å². The van der Waals surface area contributed by atoms with Crippen LogP contribution in [0.15, 0.2) is 42.9 Å². The molecule has 0 radical (unpaired) electrons. The molecule has 1 aliphatic rings. The van der Waals surface area contributed by atoms with Crippen molar-refractivity contribution >= 4 is 0 Å². The van der Waals surface area contributed by atoms with E-state index in [0.717, 1.165) is 17.2 Å². The Morgan fingerprint density at radius 2 is 2.05 bits per heavy atom. The normalized spacial score (nSPS) is 26.9. The molecule has 4 atom stereocenters.